The molecule has 1 N–H and O–H groups in total. The summed E-state index contributed by atoms with van der Waals surface area (Å²) < 4.78 is 51.8. The standard InChI is InChI=1S/C15H16FNO4S/c1-9-7-15(10(2)21-9)22(18,19)17-13-5-6-20-14-4-3-11(16)8-12(13)14/h3-4,7-8,13,17H,5-6H2,1-2H3. The first-order chi connectivity index (χ1) is 10.4. The summed E-state index contributed by atoms with van der Waals surface area (Å²) >= 11 is 0. The maximum Gasteiger partial charge on any atom is 0.244 e. The van der Waals surface area contributed by atoms with Gasteiger partial charge < -0.3 is 9.15 Å². The first kappa shape index (κ1) is 15.1. The number of benzene rings is 1. The van der Waals surface area contributed by atoms with Crippen LogP contribution in [-0.2, 0) is 10.0 Å². The van der Waals surface area contributed by atoms with Crippen LogP contribution in [0.1, 0.15) is 29.5 Å². The van der Waals surface area contributed by atoms with Crippen LogP contribution in [-0.4, -0.2) is 15.0 Å². The second-order valence-electron chi connectivity index (χ2n) is 5.27. The first-order valence-corrected chi connectivity index (χ1v) is 8.37. The van der Waals surface area contributed by atoms with E-state index < -0.39 is 21.9 Å². The summed E-state index contributed by atoms with van der Waals surface area (Å²) in [4.78, 5) is 0.106. The molecule has 0 saturated heterocycles. The topological polar surface area (TPSA) is 68.5 Å². The highest BCUT2D eigenvalue weighted by Crippen LogP contribution is 2.34. The van der Waals surface area contributed by atoms with Crippen LogP contribution in [0.5, 0.6) is 5.75 Å². The summed E-state index contributed by atoms with van der Waals surface area (Å²) in [6.45, 7) is 3.65. The van der Waals surface area contributed by atoms with Crippen LogP contribution in [0.15, 0.2) is 33.6 Å². The highest BCUT2D eigenvalue weighted by Gasteiger charge is 2.29. The van der Waals surface area contributed by atoms with Gasteiger partial charge in [-0.25, -0.2) is 17.5 Å². The fourth-order valence-electron chi connectivity index (χ4n) is 2.61. The Morgan fingerprint density at radius 2 is 2.05 bits per heavy atom. The fraction of sp³-hybridized carbons (Fsp3) is 0.333. The Morgan fingerprint density at radius 1 is 1.27 bits per heavy atom. The molecule has 0 spiro atoms. The predicted octanol–water partition coefficient (Wildman–Crippen LogP) is 2.84. The van der Waals surface area contributed by atoms with Crippen molar-refractivity contribution in [2.45, 2.75) is 31.2 Å². The van der Waals surface area contributed by atoms with Crippen molar-refractivity contribution in [2.24, 2.45) is 0 Å². The lowest BCUT2D eigenvalue weighted by Gasteiger charge is -2.26. The number of sulfonamides is 1. The van der Waals surface area contributed by atoms with Crippen LogP contribution in [0, 0.1) is 19.7 Å². The van der Waals surface area contributed by atoms with Gasteiger partial charge in [-0.3, -0.25) is 0 Å². The maximum absolute atomic E-state index is 13.4. The van der Waals surface area contributed by atoms with E-state index in [1.165, 1.54) is 24.3 Å². The number of aryl methyl sites for hydroxylation is 2. The number of ether oxygens (including phenoxy) is 1. The number of furan rings is 1. The van der Waals surface area contributed by atoms with Crippen molar-refractivity contribution < 1.29 is 22.0 Å². The molecule has 0 amide bonds. The van der Waals surface area contributed by atoms with E-state index in [4.69, 9.17) is 9.15 Å². The second kappa shape index (κ2) is 5.40. The highest BCUT2D eigenvalue weighted by atomic mass is 32.2. The van der Waals surface area contributed by atoms with Gasteiger partial charge in [0.2, 0.25) is 10.0 Å². The summed E-state index contributed by atoms with van der Waals surface area (Å²) in [6, 6.07) is 5.05. The molecule has 22 heavy (non-hydrogen) atoms. The summed E-state index contributed by atoms with van der Waals surface area (Å²) in [5.74, 6) is 0.928. The Balaban J connectivity index is 1.94. The van der Waals surface area contributed by atoms with Crippen molar-refractivity contribution in [1.29, 1.82) is 0 Å². The van der Waals surface area contributed by atoms with Crippen molar-refractivity contribution in [3.63, 3.8) is 0 Å². The lowest BCUT2D eigenvalue weighted by Crippen LogP contribution is -2.32. The van der Waals surface area contributed by atoms with Gasteiger partial charge in [-0.1, -0.05) is 0 Å². The monoisotopic (exact) mass is 325 g/mol. The minimum Gasteiger partial charge on any atom is -0.493 e. The van der Waals surface area contributed by atoms with E-state index in [2.05, 4.69) is 4.72 Å². The molecule has 1 unspecified atom stereocenters. The average molecular weight is 325 g/mol. The molecule has 5 nitrogen and oxygen atoms in total. The second-order valence-corrected chi connectivity index (χ2v) is 6.95. The molecule has 1 aromatic heterocycles. The van der Waals surface area contributed by atoms with Gasteiger partial charge in [0.05, 0.1) is 12.6 Å². The largest absolute Gasteiger partial charge is 0.493 e. The SMILES string of the molecule is Cc1cc(S(=O)(=O)NC2CCOc3ccc(F)cc32)c(C)o1. The molecule has 0 bridgehead atoms. The van der Waals surface area contributed by atoms with Crippen LogP contribution in [0.4, 0.5) is 4.39 Å². The molecule has 118 valence electrons. The van der Waals surface area contributed by atoms with E-state index in [0.29, 0.717) is 35.9 Å². The van der Waals surface area contributed by atoms with E-state index in [1.807, 2.05) is 0 Å². The molecule has 1 atom stereocenters. The predicted molar refractivity (Wildman–Crippen MR) is 77.8 cm³/mol. The Hall–Kier alpha value is -1.86. The Labute approximate surface area is 128 Å². The van der Waals surface area contributed by atoms with Crippen molar-refractivity contribution in [1.82, 2.24) is 4.72 Å². The number of hydrogen-bond donors (Lipinski definition) is 1. The van der Waals surface area contributed by atoms with Crippen LogP contribution in [0.2, 0.25) is 0 Å². The van der Waals surface area contributed by atoms with Crippen LogP contribution in [0.25, 0.3) is 0 Å². The summed E-state index contributed by atoms with van der Waals surface area (Å²) in [5.41, 5.74) is 0.507. The summed E-state index contributed by atoms with van der Waals surface area (Å²) in [5, 5.41) is 0. The van der Waals surface area contributed by atoms with Gasteiger partial charge in [0, 0.05) is 12.0 Å². The molecule has 2 aromatic rings. The zero-order valence-corrected chi connectivity index (χ0v) is 13.0. The van der Waals surface area contributed by atoms with Gasteiger partial charge in [0.1, 0.15) is 28.0 Å². The average Bonchev–Trinajstić information content (AvgIpc) is 2.79. The third-order valence-electron chi connectivity index (χ3n) is 3.59. The molecule has 0 radical (unpaired) electrons. The van der Waals surface area contributed by atoms with E-state index in [9.17, 15) is 12.8 Å². The first-order valence-electron chi connectivity index (χ1n) is 6.88. The lowest BCUT2D eigenvalue weighted by molar-refractivity contribution is 0.262. The lowest BCUT2D eigenvalue weighted by atomic mass is 10.0. The minimum absolute atomic E-state index is 0.106. The van der Waals surface area contributed by atoms with Crippen molar-refractivity contribution in [3.8, 4) is 5.75 Å². The van der Waals surface area contributed by atoms with E-state index in [0.717, 1.165) is 0 Å². The Kier molecular flexibility index (Phi) is 3.70. The minimum atomic E-state index is -3.75. The van der Waals surface area contributed by atoms with Crippen molar-refractivity contribution >= 4 is 10.0 Å². The third kappa shape index (κ3) is 2.74. The molecule has 0 saturated carbocycles. The van der Waals surface area contributed by atoms with Crippen molar-refractivity contribution in [3.05, 3.63) is 47.2 Å². The number of halogens is 1. The molecular formula is C15H16FNO4S. The van der Waals surface area contributed by atoms with Crippen LogP contribution < -0.4 is 9.46 Å². The number of nitrogens with one attached hydrogen (secondary N) is 1. The molecule has 1 aliphatic heterocycles. The fourth-order valence-corrected chi connectivity index (χ4v) is 4.10. The van der Waals surface area contributed by atoms with E-state index in [1.54, 1.807) is 13.8 Å². The van der Waals surface area contributed by atoms with Gasteiger partial charge in [0.15, 0.2) is 0 Å². The van der Waals surface area contributed by atoms with E-state index >= 15 is 0 Å². The highest BCUT2D eigenvalue weighted by molar-refractivity contribution is 7.89. The molecular weight excluding hydrogens is 309 g/mol. The molecule has 2 heterocycles. The summed E-state index contributed by atoms with van der Waals surface area (Å²) in [7, 11) is -3.75. The molecule has 1 aromatic carbocycles. The number of rotatable bonds is 3. The molecule has 7 heteroatoms. The Morgan fingerprint density at radius 3 is 2.73 bits per heavy atom. The quantitative estimate of drug-likeness (QED) is 0.942. The smallest absolute Gasteiger partial charge is 0.244 e. The van der Waals surface area contributed by atoms with Gasteiger partial charge in [-0.2, -0.15) is 0 Å². The van der Waals surface area contributed by atoms with Gasteiger partial charge in [0.25, 0.3) is 0 Å². The van der Waals surface area contributed by atoms with Crippen LogP contribution in [0.3, 0.4) is 0 Å². The maximum atomic E-state index is 13.4. The van der Waals surface area contributed by atoms with Crippen LogP contribution >= 0.6 is 0 Å². The van der Waals surface area contributed by atoms with Gasteiger partial charge in [-0.05, 0) is 38.1 Å². The van der Waals surface area contributed by atoms with Gasteiger partial charge >= 0.3 is 0 Å². The third-order valence-corrected chi connectivity index (χ3v) is 5.17. The zero-order chi connectivity index (χ0) is 15.9. The number of fused-ring (bicyclic) bond motifs is 1. The van der Waals surface area contributed by atoms with Gasteiger partial charge in [-0.15, -0.1) is 0 Å². The molecule has 0 aliphatic carbocycles. The molecule has 0 fully saturated rings. The van der Waals surface area contributed by atoms with E-state index in [-0.39, 0.29) is 4.90 Å². The summed E-state index contributed by atoms with van der Waals surface area (Å²) in [6.07, 6.45) is 0.436. The molecule has 1 aliphatic rings. The number of hydrogen-bond acceptors (Lipinski definition) is 4. The Bertz CT molecular complexity index is 813. The van der Waals surface area contributed by atoms with Crippen molar-refractivity contribution in [2.75, 3.05) is 6.61 Å². The zero-order valence-electron chi connectivity index (χ0n) is 12.2. The molecule has 3 rings (SSSR count). The normalized spacial score (nSPS) is 17.9.